The zero-order valence-electron chi connectivity index (χ0n) is 13.5. The topological polar surface area (TPSA) is 45.3 Å². The van der Waals surface area contributed by atoms with Gasteiger partial charge in [0.1, 0.15) is 5.75 Å². The van der Waals surface area contributed by atoms with Crippen molar-refractivity contribution in [1.82, 2.24) is 10.0 Å². The molecule has 0 N–H and O–H groups in total. The summed E-state index contributed by atoms with van der Waals surface area (Å²) in [6.07, 6.45) is -7.65. The van der Waals surface area contributed by atoms with Gasteiger partial charge in [0.15, 0.2) is 0 Å². The van der Waals surface area contributed by atoms with E-state index in [0.29, 0.717) is 17.2 Å². The molecule has 1 unspecified atom stereocenters. The van der Waals surface area contributed by atoms with Crippen LogP contribution in [0.2, 0.25) is 5.02 Å². The Kier molecular flexibility index (Phi) is 5.05. The highest BCUT2D eigenvalue weighted by molar-refractivity contribution is 6.33. The summed E-state index contributed by atoms with van der Waals surface area (Å²) < 4.78 is 49.9. The van der Waals surface area contributed by atoms with Gasteiger partial charge in [-0.05, 0) is 13.0 Å². The summed E-state index contributed by atoms with van der Waals surface area (Å²) in [5.41, 5.74) is 0.599. The van der Waals surface area contributed by atoms with Crippen molar-refractivity contribution in [2.75, 3.05) is 32.6 Å². The molecule has 0 saturated carbocycles. The molecule has 0 aliphatic carbocycles. The first-order valence-electron chi connectivity index (χ1n) is 7.00. The van der Waals surface area contributed by atoms with E-state index in [0.717, 1.165) is 7.05 Å². The number of anilines is 1. The largest absolute Gasteiger partial charge is 0.496 e. The van der Waals surface area contributed by atoms with Gasteiger partial charge < -0.3 is 14.4 Å². The van der Waals surface area contributed by atoms with E-state index in [-0.39, 0.29) is 21.3 Å². The Hall–Kier alpha value is -1.87. The number of nitrogens with zero attached hydrogens (tertiary/aromatic N) is 3. The molecule has 6 nitrogen and oxygen atoms in total. The molecule has 1 atom stereocenters. The predicted octanol–water partition coefficient (Wildman–Crippen LogP) is 3.62. The standard InChI is InChI=1S/C14H17ClF3N3O3/c1-5-19(2)10-7-11(23-4)8(6-9(10)15)12-21(14(16,17)18)20(3)13(22)24-12/h6-7,12H,5H2,1-4H3. The molecular formula is C14H17ClF3N3O3. The van der Waals surface area contributed by atoms with Gasteiger partial charge in [-0.25, -0.2) is 9.80 Å². The molecule has 2 rings (SSSR count). The van der Waals surface area contributed by atoms with Gasteiger partial charge in [-0.3, -0.25) is 0 Å². The summed E-state index contributed by atoms with van der Waals surface area (Å²) in [6.45, 7) is 2.54. The van der Waals surface area contributed by atoms with Crippen LogP contribution in [0.25, 0.3) is 0 Å². The molecule has 0 aromatic heterocycles. The normalized spacial score (nSPS) is 18.8. The van der Waals surface area contributed by atoms with Gasteiger partial charge in [-0.15, -0.1) is 0 Å². The van der Waals surface area contributed by atoms with E-state index < -0.39 is 18.6 Å². The number of hydrazine groups is 1. The van der Waals surface area contributed by atoms with Gasteiger partial charge in [-0.1, -0.05) is 16.6 Å². The summed E-state index contributed by atoms with van der Waals surface area (Å²) in [4.78, 5) is 13.4. The van der Waals surface area contributed by atoms with Crippen molar-refractivity contribution < 1.29 is 27.4 Å². The van der Waals surface area contributed by atoms with Gasteiger partial charge in [0.2, 0.25) is 6.23 Å². The minimum Gasteiger partial charge on any atom is -0.496 e. The number of hydrogen-bond acceptors (Lipinski definition) is 5. The molecular weight excluding hydrogens is 351 g/mol. The third-order valence-corrected chi connectivity index (χ3v) is 4.04. The fourth-order valence-electron chi connectivity index (χ4n) is 2.36. The van der Waals surface area contributed by atoms with E-state index in [9.17, 15) is 18.0 Å². The molecule has 0 radical (unpaired) electrons. The van der Waals surface area contributed by atoms with Gasteiger partial charge in [0.05, 0.1) is 23.4 Å². The number of methoxy groups -OCH3 is 1. The Morgan fingerprint density at radius 2 is 2.04 bits per heavy atom. The van der Waals surface area contributed by atoms with Crippen LogP contribution in [0.3, 0.4) is 0 Å². The Morgan fingerprint density at radius 1 is 1.42 bits per heavy atom. The highest BCUT2D eigenvalue weighted by Crippen LogP contribution is 2.44. The minimum atomic E-state index is -4.82. The lowest BCUT2D eigenvalue weighted by Gasteiger charge is -2.29. The number of halogens is 4. The van der Waals surface area contributed by atoms with Crippen molar-refractivity contribution in [2.45, 2.75) is 19.5 Å². The van der Waals surface area contributed by atoms with Crippen LogP contribution in [0.5, 0.6) is 5.75 Å². The van der Waals surface area contributed by atoms with Crippen molar-refractivity contribution in [2.24, 2.45) is 0 Å². The van der Waals surface area contributed by atoms with Crippen molar-refractivity contribution in [3.63, 3.8) is 0 Å². The van der Waals surface area contributed by atoms with E-state index in [1.165, 1.54) is 19.2 Å². The van der Waals surface area contributed by atoms with Crippen LogP contribution < -0.4 is 9.64 Å². The second kappa shape index (κ2) is 6.56. The molecule has 1 aliphatic rings. The smallest absolute Gasteiger partial charge is 0.481 e. The second-order valence-electron chi connectivity index (χ2n) is 5.13. The Bertz CT molecular complexity index is 642. The lowest BCUT2D eigenvalue weighted by molar-refractivity contribution is -0.313. The van der Waals surface area contributed by atoms with Crippen molar-refractivity contribution in [1.29, 1.82) is 0 Å². The summed E-state index contributed by atoms with van der Waals surface area (Å²) in [5, 5.41) is 0.472. The van der Waals surface area contributed by atoms with Crippen LogP contribution in [0.15, 0.2) is 12.1 Å². The summed E-state index contributed by atoms with van der Waals surface area (Å²) in [6, 6.07) is 2.83. The zero-order valence-corrected chi connectivity index (χ0v) is 14.3. The van der Waals surface area contributed by atoms with Crippen LogP contribution in [0, 0.1) is 0 Å². The van der Waals surface area contributed by atoms with Crippen molar-refractivity contribution in [3.8, 4) is 5.75 Å². The van der Waals surface area contributed by atoms with Crippen LogP contribution in [-0.2, 0) is 4.74 Å². The number of hydrogen-bond donors (Lipinski definition) is 0. The maximum absolute atomic E-state index is 13.3. The van der Waals surface area contributed by atoms with Crippen LogP contribution in [0.1, 0.15) is 18.7 Å². The monoisotopic (exact) mass is 367 g/mol. The first kappa shape index (κ1) is 18.5. The summed E-state index contributed by atoms with van der Waals surface area (Å²) in [5.74, 6) is 0.136. The van der Waals surface area contributed by atoms with Crippen LogP contribution >= 0.6 is 11.6 Å². The zero-order chi connectivity index (χ0) is 18.2. The van der Waals surface area contributed by atoms with Gasteiger partial charge in [-0.2, -0.15) is 13.2 Å². The summed E-state index contributed by atoms with van der Waals surface area (Å²) in [7, 11) is 4.08. The molecule has 1 aliphatic heterocycles. The molecule has 1 heterocycles. The first-order chi connectivity index (χ1) is 11.1. The SMILES string of the molecule is CCN(C)c1cc(OC)c(C2OC(=O)N(C)N2C(F)(F)F)cc1Cl. The number of ether oxygens (including phenoxy) is 2. The maximum atomic E-state index is 13.3. The quantitative estimate of drug-likeness (QED) is 0.760. The highest BCUT2D eigenvalue weighted by Gasteiger charge is 2.54. The van der Waals surface area contributed by atoms with Gasteiger partial charge >= 0.3 is 12.4 Å². The number of amides is 1. The van der Waals surface area contributed by atoms with E-state index in [1.54, 1.807) is 7.05 Å². The van der Waals surface area contributed by atoms with E-state index >= 15 is 0 Å². The average molecular weight is 368 g/mol. The first-order valence-corrected chi connectivity index (χ1v) is 7.38. The predicted molar refractivity (Wildman–Crippen MR) is 81.8 cm³/mol. The number of rotatable bonds is 4. The molecule has 1 saturated heterocycles. The Labute approximate surface area is 142 Å². The lowest BCUT2D eigenvalue weighted by atomic mass is 10.1. The fourth-order valence-corrected chi connectivity index (χ4v) is 2.67. The molecule has 1 aromatic rings. The molecule has 24 heavy (non-hydrogen) atoms. The minimum absolute atomic E-state index is 0.00535. The number of cyclic esters (lactones) is 1. The average Bonchev–Trinajstić information content (AvgIpc) is 2.81. The van der Waals surface area contributed by atoms with Crippen LogP contribution in [0.4, 0.5) is 23.7 Å². The molecule has 10 heteroatoms. The molecule has 0 bridgehead atoms. The maximum Gasteiger partial charge on any atom is 0.481 e. The molecule has 1 amide bonds. The second-order valence-corrected chi connectivity index (χ2v) is 5.54. The van der Waals surface area contributed by atoms with Gasteiger partial charge in [0.25, 0.3) is 0 Å². The third-order valence-electron chi connectivity index (χ3n) is 3.73. The van der Waals surface area contributed by atoms with E-state index in [2.05, 4.69) is 0 Å². The molecule has 1 fully saturated rings. The lowest BCUT2D eigenvalue weighted by Crippen LogP contribution is -2.46. The number of benzene rings is 1. The van der Waals surface area contributed by atoms with Crippen molar-refractivity contribution in [3.05, 3.63) is 22.7 Å². The summed E-state index contributed by atoms with van der Waals surface area (Å²) >= 11 is 6.19. The Balaban J connectivity index is 2.54. The van der Waals surface area contributed by atoms with Crippen LogP contribution in [-0.4, -0.2) is 50.2 Å². The number of carbonyl (C=O) groups is 1. The van der Waals surface area contributed by atoms with E-state index in [1.807, 2.05) is 11.8 Å². The molecule has 134 valence electrons. The number of alkyl halides is 3. The number of carbonyl (C=O) groups excluding carboxylic acids is 1. The van der Waals surface area contributed by atoms with Crippen molar-refractivity contribution >= 4 is 23.4 Å². The molecule has 0 spiro atoms. The Morgan fingerprint density at radius 3 is 2.54 bits per heavy atom. The van der Waals surface area contributed by atoms with E-state index in [4.69, 9.17) is 21.1 Å². The third kappa shape index (κ3) is 3.18. The van der Waals surface area contributed by atoms with Gasteiger partial charge in [0, 0.05) is 26.7 Å². The highest BCUT2D eigenvalue weighted by atomic mass is 35.5. The fraction of sp³-hybridized carbons (Fsp3) is 0.500. The molecule has 1 aromatic carbocycles.